The molecule has 0 aliphatic heterocycles. The number of Topliss-reactive ketones (excluding diaryl/α,β-unsaturated/α-hetero) is 1. The Morgan fingerprint density at radius 2 is 1.90 bits per heavy atom. The molecule has 0 heterocycles. The van der Waals surface area contributed by atoms with Gasteiger partial charge >= 0.3 is 5.97 Å². The molecular formula is C14H17NO5. The molecule has 1 aromatic carbocycles. The van der Waals surface area contributed by atoms with E-state index in [9.17, 15) is 19.7 Å². The van der Waals surface area contributed by atoms with Crippen LogP contribution in [0.5, 0.6) is 0 Å². The number of hydrogen-bond acceptors (Lipinski definition) is 5. The summed E-state index contributed by atoms with van der Waals surface area (Å²) in [6.07, 6.45) is 0. The van der Waals surface area contributed by atoms with Crippen molar-refractivity contribution in [2.75, 3.05) is 13.7 Å². The number of carbonyl (C=O) groups excluding carboxylic acids is 2. The van der Waals surface area contributed by atoms with Crippen LogP contribution in [-0.4, -0.2) is 30.3 Å². The minimum atomic E-state index is -1.58. The van der Waals surface area contributed by atoms with E-state index >= 15 is 0 Å². The predicted molar refractivity (Wildman–Crippen MR) is 71.8 cm³/mol. The summed E-state index contributed by atoms with van der Waals surface area (Å²) in [4.78, 5) is 34.3. The van der Waals surface area contributed by atoms with E-state index < -0.39 is 34.6 Å². The summed E-state index contributed by atoms with van der Waals surface area (Å²) in [5.74, 6) is -2.09. The zero-order valence-corrected chi connectivity index (χ0v) is 11.7. The van der Waals surface area contributed by atoms with E-state index in [4.69, 9.17) is 0 Å². The van der Waals surface area contributed by atoms with Crippen molar-refractivity contribution in [3.8, 4) is 0 Å². The highest BCUT2D eigenvalue weighted by atomic mass is 16.6. The number of hydrogen-bond donors (Lipinski definition) is 0. The highest BCUT2D eigenvalue weighted by Gasteiger charge is 2.49. The fourth-order valence-corrected chi connectivity index (χ4v) is 2.20. The largest absolute Gasteiger partial charge is 0.468 e. The highest BCUT2D eigenvalue weighted by Crippen LogP contribution is 2.38. The summed E-state index contributed by atoms with van der Waals surface area (Å²) < 4.78 is 4.68. The number of nitrogens with zero attached hydrogens (tertiary/aromatic N) is 1. The van der Waals surface area contributed by atoms with Crippen LogP contribution in [0, 0.1) is 15.5 Å². The average Bonchev–Trinajstić information content (AvgIpc) is 2.43. The zero-order chi connectivity index (χ0) is 15.3. The van der Waals surface area contributed by atoms with Crippen molar-refractivity contribution < 1.29 is 19.2 Å². The fourth-order valence-electron chi connectivity index (χ4n) is 2.20. The van der Waals surface area contributed by atoms with Gasteiger partial charge in [0.2, 0.25) is 6.54 Å². The number of benzene rings is 1. The Hall–Kier alpha value is -2.24. The van der Waals surface area contributed by atoms with Gasteiger partial charge in [-0.15, -0.1) is 0 Å². The van der Waals surface area contributed by atoms with Crippen LogP contribution < -0.4 is 0 Å². The Balaban J connectivity index is 3.37. The highest BCUT2D eigenvalue weighted by molar-refractivity contribution is 6.03. The summed E-state index contributed by atoms with van der Waals surface area (Å²) >= 11 is 0. The van der Waals surface area contributed by atoms with Crippen LogP contribution >= 0.6 is 0 Å². The normalized spacial score (nSPS) is 14.9. The summed E-state index contributed by atoms with van der Waals surface area (Å²) in [6.45, 7) is 2.12. The lowest BCUT2D eigenvalue weighted by Gasteiger charge is -2.30. The third-order valence-electron chi connectivity index (χ3n) is 3.57. The first-order valence-electron chi connectivity index (χ1n) is 6.10. The molecule has 6 heteroatoms. The topological polar surface area (TPSA) is 86.5 Å². The van der Waals surface area contributed by atoms with Gasteiger partial charge in [0.05, 0.1) is 13.0 Å². The molecule has 0 N–H and O–H groups in total. The second kappa shape index (κ2) is 6.27. The van der Waals surface area contributed by atoms with Gasteiger partial charge in [-0.2, -0.15) is 0 Å². The van der Waals surface area contributed by atoms with Crippen molar-refractivity contribution in [1.82, 2.24) is 0 Å². The number of nitro groups is 1. The SMILES string of the molecule is COC(=O)[C@](C)(C(C)=O)[C@@H](C[N+](=O)[O-])c1ccccc1. The lowest BCUT2D eigenvalue weighted by Crippen LogP contribution is -2.44. The average molecular weight is 279 g/mol. The van der Waals surface area contributed by atoms with Crippen molar-refractivity contribution in [3.05, 3.63) is 46.0 Å². The van der Waals surface area contributed by atoms with Crippen LogP contribution in [0.2, 0.25) is 0 Å². The molecule has 0 aliphatic rings. The fraction of sp³-hybridized carbons (Fsp3) is 0.429. The van der Waals surface area contributed by atoms with Crippen molar-refractivity contribution in [1.29, 1.82) is 0 Å². The van der Waals surface area contributed by atoms with Gasteiger partial charge in [0.15, 0.2) is 0 Å². The molecule has 0 saturated heterocycles. The van der Waals surface area contributed by atoms with E-state index in [2.05, 4.69) is 4.74 Å². The van der Waals surface area contributed by atoms with E-state index in [1.165, 1.54) is 13.8 Å². The molecular weight excluding hydrogens is 262 g/mol. The molecule has 0 unspecified atom stereocenters. The van der Waals surface area contributed by atoms with Crippen molar-refractivity contribution in [2.45, 2.75) is 19.8 Å². The molecule has 0 saturated carbocycles. The van der Waals surface area contributed by atoms with Crippen LogP contribution in [0.3, 0.4) is 0 Å². The Morgan fingerprint density at radius 1 is 1.35 bits per heavy atom. The number of rotatable bonds is 6. The van der Waals surface area contributed by atoms with E-state index in [1.54, 1.807) is 30.3 Å². The second-order valence-corrected chi connectivity index (χ2v) is 4.73. The first-order chi connectivity index (χ1) is 9.33. The predicted octanol–water partition coefficient (Wildman–Crippen LogP) is 1.82. The Labute approximate surface area is 116 Å². The molecule has 2 atom stereocenters. The first kappa shape index (κ1) is 15.8. The summed E-state index contributed by atoms with van der Waals surface area (Å²) in [6, 6.07) is 8.51. The van der Waals surface area contributed by atoms with Gasteiger partial charge in [0, 0.05) is 4.92 Å². The summed E-state index contributed by atoms with van der Waals surface area (Å²) in [7, 11) is 1.16. The Morgan fingerprint density at radius 3 is 2.30 bits per heavy atom. The lowest BCUT2D eigenvalue weighted by molar-refractivity contribution is -0.485. The number of methoxy groups -OCH3 is 1. The third-order valence-corrected chi connectivity index (χ3v) is 3.57. The molecule has 6 nitrogen and oxygen atoms in total. The van der Waals surface area contributed by atoms with Gasteiger partial charge in [-0.3, -0.25) is 19.7 Å². The lowest BCUT2D eigenvalue weighted by atomic mass is 9.70. The number of ketones is 1. The minimum Gasteiger partial charge on any atom is -0.468 e. The number of carbonyl (C=O) groups is 2. The van der Waals surface area contributed by atoms with E-state index in [0.717, 1.165) is 7.11 Å². The van der Waals surface area contributed by atoms with E-state index in [0.29, 0.717) is 5.56 Å². The molecule has 0 amide bonds. The van der Waals surface area contributed by atoms with Gasteiger partial charge in [0.25, 0.3) is 0 Å². The number of esters is 1. The molecule has 0 spiro atoms. The van der Waals surface area contributed by atoms with Crippen LogP contribution in [0.4, 0.5) is 0 Å². The third kappa shape index (κ3) is 3.01. The summed E-state index contributed by atoms with van der Waals surface area (Å²) in [5, 5.41) is 10.9. The van der Waals surface area contributed by atoms with Crippen LogP contribution in [0.25, 0.3) is 0 Å². The Bertz CT molecular complexity index is 514. The van der Waals surface area contributed by atoms with Gasteiger partial charge < -0.3 is 4.74 Å². The van der Waals surface area contributed by atoms with Crippen molar-refractivity contribution in [3.63, 3.8) is 0 Å². The maximum Gasteiger partial charge on any atom is 0.319 e. The van der Waals surface area contributed by atoms with E-state index in [1.807, 2.05) is 0 Å². The molecule has 0 aliphatic carbocycles. The summed E-state index contributed by atoms with van der Waals surface area (Å²) in [5.41, 5.74) is -1.02. The van der Waals surface area contributed by atoms with Gasteiger partial charge in [-0.25, -0.2) is 0 Å². The van der Waals surface area contributed by atoms with E-state index in [-0.39, 0.29) is 0 Å². The number of ether oxygens (including phenoxy) is 1. The van der Waals surface area contributed by atoms with Crippen molar-refractivity contribution >= 4 is 11.8 Å². The quantitative estimate of drug-likeness (QED) is 0.343. The molecule has 0 fully saturated rings. The zero-order valence-electron chi connectivity index (χ0n) is 11.7. The molecule has 108 valence electrons. The van der Waals surface area contributed by atoms with Gasteiger partial charge in [-0.05, 0) is 19.4 Å². The monoisotopic (exact) mass is 279 g/mol. The molecule has 0 radical (unpaired) electrons. The maximum atomic E-state index is 12.0. The molecule has 20 heavy (non-hydrogen) atoms. The van der Waals surface area contributed by atoms with Crippen LogP contribution in [0.1, 0.15) is 25.3 Å². The molecule has 0 bridgehead atoms. The van der Waals surface area contributed by atoms with Gasteiger partial charge in [-0.1, -0.05) is 30.3 Å². The minimum absolute atomic E-state index is 0.458. The Kier molecular flexibility index (Phi) is 4.96. The maximum absolute atomic E-state index is 12.0. The standard InChI is InChI=1S/C14H17NO5/c1-10(16)14(2,13(17)20-3)12(9-15(18)19)11-7-5-4-6-8-11/h4-8,12H,9H2,1-3H3/t12-,14+/m0/s1. The second-order valence-electron chi connectivity index (χ2n) is 4.73. The van der Waals surface area contributed by atoms with Crippen molar-refractivity contribution in [2.24, 2.45) is 5.41 Å². The van der Waals surface area contributed by atoms with Crippen LogP contribution in [0.15, 0.2) is 30.3 Å². The molecule has 0 aromatic heterocycles. The molecule has 1 rings (SSSR count). The van der Waals surface area contributed by atoms with Gasteiger partial charge in [0.1, 0.15) is 11.2 Å². The van der Waals surface area contributed by atoms with Crippen LogP contribution in [-0.2, 0) is 14.3 Å². The first-order valence-corrected chi connectivity index (χ1v) is 6.10. The molecule has 1 aromatic rings. The smallest absolute Gasteiger partial charge is 0.319 e.